The SMILES string of the molecule is COCC(=O)N1C[C@H](C)[C@@H](OC)CN(C)C(=O)c2cc(NS(C)(=O)=O)ccc2OC[C@H]1C. The molecule has 1 aliphatic rings. The fourth-order valence-corrected chi connectivity index (χ4v) is 4.16. The third-order valence-electron chi connectivity index (χ3n) is 5.34. The number of anilines is 1. The van der Waals surface area contributed by atoms with Gasteiger partial charge in [-0.2, -0.15) is 0 Å². The summed E-state index contributed by atoms with van der Waals surface area (Å²) >= 11 is 0. The molecular formula is C21H33N3O7S. The van der Waals surface area contributed by atoms with Crippen molar-refractivity contribution in [2.24, 2.45) is 5.92 Å². The molecule has 0 fully saturated rings. The van der Waals surface area contributed by atoms with Gasteiger partial charge >= 0.3 is 0 Å². The molecule has 2 amide bonds. The van der Waals surface area contributed by atoms with E-state index in [0.29, 0.717) is 12.3 Å². The second-order valence-corrected chi connectivity index (χ2v) is 9.91. The molecule has 0 aliphatic carbocycles. The summed E-state index contributed by atoms with van der Waals surface area (Å²) in [6.07, 6.45) is 0.713. The molecular weight excluding hydrogens is 438 g/mol. The van der Waals surface area contributed by atoms with Crippen molar-refractivity contribution in [1.82, 2.24) is 9.80 Å². The molecule has 2 rings (SSSR count). The normalized spacial score (nSPS) is 22.9. The van der Waals surface area contributed by atoms with E-state index in [4.69, 9.17) is 14.2 Å². The van der Waals surface area contributed by atoms with Crippen LogP contribution in [0.25, 0.3) is 0 Å². The molecule has 0 bridgehead atoms. The van der Waals surface area contributed by atoms with E-state index in [1.54, 1.807) is 25.1 Å². The molecule has 180 valence electrons. The van der Waals surface area contributed by atoms with E-state index < -0.39 is 10.0 Å². The van der Waals surface area contributed by atoms with Gasteiger partial charge in [0.05, 0.1) is 24.0 Å². The van der Waals surface area contributed by atoms with E-state index in [0.717, 1.165) is 6.26 Å². The average Bonchev–Trinajstić information content (AvgIpc) is 2.71. The number of nitrogens with zero attached hydrogens (tertiary/aromatic N) is 2. The van der Waals surface area contributed by atoms with Crippen LogP contribution in [0.2, 0.25) is 0 Å². The number of nitrogens with one attached hydrogen (secondary N) is 1. The lowest BCUT2D eigenvalue weighted by molar-refractivity contribution is -0.139. The van der Waals surface area contributed by atoms with Crippen LogP contribution in [-0.4, -0.2) is 96.0 Å². The molecule has 0 spiro atoms. The van der Waals surface area contributed by atoms with Crippen LogP contribution in [0.4, 0.5) is 5.69 Å². The maximum Gasteiger partial charge on any atom is 0.257 e. The molecule has 1 aromatic carbocycles. The number of fused-ring (bicyclic) bond motifs is 1. The largest absolute Gasteiger partial charge is 0.491 e. The van der Waals surface area contributed by atoms with Crippen LogP contribution in [0.1, 0.15) is 24.2 Å². The molecule has 0 saturated carbocycles. The van der Waals surface area contributed by atoms with Gasteiger partial charge in [-0.1, -0.05) is 6.92 Å². The number of likely N-dealkylation sites (N-methyl/N-ethyl adjacent to an activating group) is 1. The van der Waals surface area contributed by atoms with Crippen molar-refractivity contribution in [3.05, 3.63) is 23.8 Å². The number of amides is 2. The van der Waals surface area contributed by atoms with E-state index >= 15 is 0 Å². The van der Waals surface area contributed by atoms with Crippen molar-refractivity contribution >= 4 is 27.5 Å². The van der Waals surface area contributed by atoms with Crippen molar-refractivity contribution in [2.75, 3.05) is 58.5 Å². The lowest BCUT2D eigenvalue weighted by atomic mass is 10.0. The Kier molecular flexibility index (Phi) is 8.88. The van der Waals surface area contributed by atoms with E-state index in [-0.39, 0.29) is 60.9 Å². The van der Waals surface area contributed by atoms with Gasteiger partial charge in [-0.15, -0.1) is 0 Å². The second-order valence-electron chi connectivity index (χ2n) is 8.16. The molecule has 10 nitrogen and oxygen atoms in total. The first kappa shape index (κ1) is 25.9. The first-order valence-corrected chi connectivity index (χ1v) is 12.2. The first-order chi connectivity index (χ1) is 15.0. The van der Waals surface area contributed by atoms with Crippen LogP contribution in [0.15, 0.2) is 18.2 Å². The number of carbonyl (C=O) groups is 2. The molecule has 0 saturated heterocycles. The minimum atomic E-state index is -3.52. The quantitative estimate of drug-likeness (QED) is 0.682. The van der Waals surface area contributed by atoms with Crippen LogP contribution < -0.4 is 9.46 Å². The second kappa shape index (κ2) is 11.0. The Balaban J connectivity index is 2.47. The lowest BCUT2D eigenvalue weighted by Crippen LogP contribution is -2.49. The minimum Gasteiger partial charge on any atom is -0.491 e. The fraction of sp³-hybridized carbons (Fsp3) is 0.619. The van der Waals surface area contributed by atoms with Crippen molar-refractivity contribution in [3.8, 4) is 5.75 Å². The Morgan fingerprint density at radius 1 is 1.25 bits per heavy atom. The molecule has 3 atom stereocenters. The Labute approximate surface area is 189 Å². The Morgan fingerprint density at radius 2 is 1.94 bits per heavy atom. The number of hydrogen-bond donors (Lipinski definition) is 1. The summed E-state index contributed by atoms with van der Waals surface area (Å²) in [4.78, 5) is 29.1. The van der Waals surface area contributed by atoms with Crippen LogP contribution in [0.3, 0.4) is 0 Å². The number of ether oxygens (including phenoxy) is 3. The number of methoxy groups -OCH3 is 2. The molecule has 32 heavy (non-hydrogen) atoms. The lowest BCUT2D eigenvalue weighted by Gasteiger charge is -2.36. The topological polar surface area (TPSA) is 114 Å². The van der Waals surface area contributed by atoms with Crippen LogP contribution >= 0.6 is 0 Å². The number of benzene rings is 1. The third kappa shape index (κ3) is 6.81. The maximum atomic E-state index is 13.2. The van der Waals surface area contributed by atoms with Crippen LogP contribution in [-0.2, 0) is 24.3 Å². The highest BCUT2D eigenvalue weighted by Crippen LogP contribution is 2.26. The van der Waals surface area contributed by atoms with E-state index in [1.165, 1.54) is 24.1 Å². The molecule has 11 heteroatoms. The summed E-state index contributed by atoms with van der Waals surface area (Å²) in [7, 11) is 1.16. The monoisotopic (exact) mass is 471 g/mol. The van der Waals surface area contributed by atoms with Gasteiger partial charge in [0.15, 0.2) is 0 Å². The predicted molar refractivity (Wildman–Crippen MR) is 120 cm³/mol. The molecule has 1 N–H and O–H groups in total. The van der Waals surface area contributed by atoms with Gasteiger partial charge in [-0.3, -0.25) is 14.3 Å². The van der Waals surface area contributed by atoms with E-state index in [9.17, 15) is 18.0 Å². The van der Waals surface area contributed by atoms with E-state index in [2.05, 4.69) is 4.72 Å². The van der Waals surface area contributed by atoms with Crippen LogP contribution in [0.5, 0.6) is 5.75 Å². The predicted octanol–water partition coefficient (Wildman–Crippen LogP) is 1.04. The molecule has 0 unspecified atom stereocenters. The number of sulfonamides is 1. The zero-order valence-electron chi connectivity index (χ0n) is 19.5. The van der Waals surface area contributed by atoms with Crippen molar-refractivity contribution in [3.63, 3.8) is 0 Å². The van der Waals surface area contributed by atoms with Gasteiger partial charge in [0.2, 0.25) is 15.9 Å². The van der Waals surface area contributed by atoms with Gasteiger partial charge in [-0.05, 0) is 25.1 Å². The number of hydrogen-bond acceptors (Lipinski definition) is 7. The zero-order valence-corrected chi connectivity index (χ0v) is 20.3. The van der Waals surface area contributed by atoms with Gasteiger partial charge in [0.25, 0.3) is 5.91 Å². The Bertz CT molecular complexity index is 922. The Morgan fingerprint density at radius 3 is 2.53 bits per heavy atom. The van der Waals surface area contributed by atoms with Crippen molar-refractivity contribution in [2.45, 2.75) is 26.0 Å². The minimum absolute atomic E-state index is 0.0514. The van der Waals surface area contributed by atoms with Crippen LogP contribution in [0, 0.1) is 5.92 Å². The number of rotatable bonds is 5. The highest BCUT2D eigenvalue weighted by Gasteiger charge is 2.30. The fourth-order valence-electron chi connectivity index (χ4n) is 3.61. The summed E-state index contributed by atoms with van der Waals surface area (Å²) in [6.45, 7) is 4.60. The standard InChI is InChI=1S/C21H33N3O7S/c1-14-10-24(20(25)13-29-4)15(2)12-31-18-8-7-16(22-32(6,27)28)9-17(18)21(26)23(3)11-19(14)30-5/h7-9,14-15,19,22H,10-13H2,1-6H3/t14-,15+,19-/m0/s1. The summed E-state index contributed by atoms with van der Waals surface area (Å²) < 4.78 is 42.3. The van der Waals surface area contributed by atoms with Gasteiger partial charge in [-0.25, -0.2) is 8.42 Å². The summed E-state index contributed by atoms with van der Waals surface area (Å²) in [6, 6.07) is 4.22. The molecule has 1 aliphatic heterocycles. The summed E-state index contributed by atoms with van der Waals surface area (Å²) in [5.41, 5.74) is 0.469. The van der Waals surface area contributed by atoms with Gasteiger partial charge in [0.1, 0.15) is 19.0 Å². The molecule has 0 aromatic heterocycles. The van der Waals surface area contributed by atoms with Gasteiger partial charge in [0, 0.05) is 46.0 Å². The summed E-state index contributed by atoms with van der Waals surface area (Å²) in [5, 5.41) is 0. The highest BCUT2D eigenvalue weighted by molar-refractivity contribution is 7.92. The average molecular weight is 472 g/mol. The smallest absolute Gasteiger partial charge is 0.257 e. The summed E-state index contributed by atoms with van der Waals surface area (Å²) in [5.74, 6) is -0.267. The first-order valence-electron chi connectivity index (χ1n) is 10.3. The number of carbonyl (C=O) groups excluding carboxylic acids is 2. The van der Waals surface area contributed by atoms with Gasteiger partial charge < -0.3 is 24.0 Å². The van der Waals surface area contributed by atoms with Crippen molar-refractivity contribution < 1.29 is 32.2 Å². The zero-order chi connectivity index (χ0) is 24.1. The molecule has 1 heterocycles. The van der Waals surface area contributed by atoms with E-state index in [1.807, 2.05) is 13.8 Å². The highest BCUT2D eigenvalue weighted by atomic mass is 32.2. The third-order valence-corrected chi connectivity index (χ3v) is 5.94. The Hall–Kier alpha value is -2.37. The maximum absolute atomic E-state index is 13.2. The molecule has 0 radical (unpaired) electrons. The van der Waals surface area contributed by atoms with Crippen molar-refractivity contribution in [1.29, 1.82) is 0 Å². The molecule has 1 aromatic rings.